The van der Waals surface area contributed by atoms with Gasteiger partial charge in [-0.05, 0) is 37.5 Å². The molecule has 1 aromatic carbocycles. The third kappa shape index (κ3) is 2.28. The Hall–Kier alpha value is -1.32. The summed E-state index contributed by atoms with van der Waals surface area (Å²) in [5.74, 6) is 0. The molecule has 0 spiro atoms. The van der Waals surface area contributed by atoms with Crippen molar-refractivity contribution in [2.24, 2.45) is 0 Å². The third-order valence-corrected chi connectivity index (χ3v) is 3.45. The zero-order chi connectivity index (χ0) is 12.4. The number of rotatable bonds is 2. The maximum absolute atomic E-state index is 6.04. The highest BCUT2D eigenvalue weighted by Crippen LogP contribution is 2.29. The number of hydrogen-bond acceptors (Lipinski definition) is 2. The molecule has 0 N–H and O–H groups in total. The number of benzene rings is 1. The summed E-state index contributed by atoms with van der Waals surface area (Å²) in [6, 6.07) is 9.84. The van der Waals surface area contributed by atoms with E-state index in [1.54, 1.807) is 0 Å². The highest BCUT2D eigenvalue weighted by molar-refractivity contribution is 6.30. The van der Waals surface area contributed by atoms with E-state index in [0.29, 0.717) is 0 Å². The van der Waals surface area contributed by atoms with Crippen LogP contribution in [0.1, 0.15) is 25.5 Å². The van der Waals surface area contributed by atoms with Gasteiger partial charge in [0.2, 0.25) is 0 Å². The minimum Gasteiger partial charge on any atom is -0.356 e. The van der Waals surface area contributed by atoms with Crippen LogP contribution in [-0.4, -0.2) is 16.4 Å². The largest absolute Gasteiger partial charge is 0.356 e. The first kappa shape index (κ1) is 11.8. The third-order valence-electron chi connectivity index (χ3n) is 3.22. The first-order valence-corrected chi connectivity index (χ1v) is 6.63. The Kier molecular flexibility index (Phi) is 3.35. The van der Waals surface area contributed by atoms with Gasteiger partial charge in [-0.15, -0.1) is 0 Å². The van der Waals surface area contributed by atoms with Crippen LogP contribution in [0.15, 0.2) is 36.5 Å². The summed E-state index contributed by atoms with van der Waals surface area (Å²) in [5.41, 5.74) is 2.14. The molecule has 18 heavy (non-hydrogen) atoms. The highest BCUT2D eigenvalue weighted by atomic mass is 35.5. The number of nitrogens with zero attached hydrogens (tertiary/aromatic N) is 2. The topological polar surface area (TPSA) is 27.1 Å². The van der Waals surface area contributed by atoms with Gasteiger partial charge in [0.15, 0.2) is 6.23 Å². The Morgan fingerprint density at radius 1 is 1.28 bits per heavy atom. The molecule has 2 heterocycles. The van der Waals surface area contributed by atoms with Gasteiger partial charge in [0, 0.05) is 23.4 Å². The molecule has 4 heteroatoms. The molecule has 1 unspecified atom stereocenters. The summed E-state index contributed by atoms with van der Waals surface area (Å²) in [6.45, 7) is 0.819. The molecule has 1 aliphatic rings. The van der Waals surface area contributed by atoms with E-state index in [1.165, 1.54) is 6.42 Å². The van der Waals surface area contributed by atoms with Gasteiger partial charge in [0.25, 0.3) is 0 Å². The number of hydrogen-bond donors (Lipinski definition) is 0. The van der Waals surface area contributed by atoms with Crippen LogP contribution in [0.5, 0.6) is 0 Å². The minimum absolute atomic E-state index is 0.0581. The van der Waals surface area contributed by atoms with Crippen molar-refractivity contribution < 1.29 is 4.74 Å². The molecule has 3 rings (SSSR count). The molecule has 0 radical (unpaired) electrons. The highest BCUT2D eigenvalue weighted by Gasteiger charge is 2.19. The van der Waals surface area contributed by atoms with Crippen molar-refractivity contribution in [3.05, 3.63) is 41.6 Å². The average Bonchev–Trinajstić information content (AvgIpc) is 2.89. The lowest BCUT2D eigenvalue weighted by Crippen LogP contribution is -2.19. The molecule has 0 bridgehead atoms. The molecule has 1 atom stereocenters. The van der Waals surface area contributed by atoms with E-state index in [-0.39, 0.29) is 6.23 Å². The second-order valence-corrected chi connectivity index (χ2v) is 4.93. The van der Waals surface area contributed by atoms with Crippen molar-refractivity contribution >= 4 is 11.6 Å². The predicted octanol–water partition coefficient (Wildman–Crippen LogP) is 3.90. The van der Waals surface area contributed by atoms with Crippen molar-refractivity contribution in [3.8, 4) is 11.3 Å². The van der Waals surface area contributed by atoms with Crippen molar-refractivity contribution in [2.45, 2.75) is 25.5 Å². The Morgan fingerprint density at radius 3 is 3.00 bits per heavy atom. The Balaban J connectivity index is 1.95. The van der Waals surface area contributed by atoms with E-state index in [9.17, 15) is 0 Å². The average molecular weight is 263 g/mol. The Bertz CT molecular complexity index is 532. The second kappa shape index (κ2) is 5.12. The van der Waals surface area contributed by atoms with Gasteiger partial charge in [-0.25, -0.2) is 4.68 Å². The van der Waals surface area contributed by atoms with Gasteiger partial charge in [-0.3, -0.25) is 0 Å². The SMILES string of the molecule is Clc1cccc(-c2ccnn2C2CCCCO2)c1. The molecule has 1 saturated heterocycles. The van der Waals surface area contributed by atoms with Crippen molar-refractivity contribution in [1.29, 1.82) is 0 Å². The molecule has 94 valence electrons. The maximum atomic E-state index is 6.04. The van der Waals surface area contributed by atoms with Crippen LogP contribution < -0.4 is 0 Å². The van der Waals surface area contributed by atoms with E-state index in [2.05, 4.69) is 5.10 Å². The molecule has 0 saturated carbocycles. The summed E-state index contributed by atoms with van der Waals surface area (Å²) in [6.07, 6.45) is 5.23. The van der Waals surface area contributed by atoms with Gasteiger partial charge in [-0.1, -0.05) is 23.7 Å². The molecule has 0 aliphatic carbocycles. The van der Waals surface area contributed by atoms with E-state index >= 15 is 0 Å². The lowest BCUT2D eigenvalue weighted by atomic mass is 10.1. The van der Waals surface area contributed by atoms with Gasteiger partial charge in [0.05, 0.1) is 5.69 Å². The first-order chi connectivity index (χ1) is 8.84. The van der Waals surface area contributed by atoms with E-state index in [4.69, 9.17) is 16.3 Å². The molecule has 3 nitrogen and oxygen atoms in total. The van der Waals surface area contributed by atoms with Crippen LogP contribution >= 0.6 is 11.6 Å². The van der Waals surface area contributed by atoms with Gasteiger partial charge in [0.1, 0.15) is 0 Å². The summed E-state index contributed by atoms with van der Waals surface area (Å²) >= 11 is 6.04. The van der Waals surface area contributed by atoms with E-state index < -0.39 is 0 Å². The van der Waals surface area contributed by atoms with Crippen LogP contribution in [0.4, 0.5) is 0 Å². The molecular weight excluding hydrogens is 248 g/mol. The summed E-state index contributed by atoms with van der Waals surface area (Å²) < 4.78 is 7.75. The lowest BCUT2D eigenvalue weighted by Gasteiger charge is -2.24. The van der Waals surface area contributed by atoms with Crippen molar-refractivity contribution in [1.82, 2.24) is 9.78 Å². The zero-order valence-electron chi connectivity index (χ0n) is 10.1. The van der Waals surface area contributed by atoms with E-state index in [0.717, 1.165) is 35.7 Å². The minimum atomic E-state index is 0.0581. The normalized spacial score (nSPS) is 19.9. The number of halogens is 1. The van der Waals surface area contributed by atoms with Crippen LogP contribution in [0.25, 0.3) is 11.3 Å². The summed E-state index contributed by atoms with van der Waals surface area (Å²) in [5, 5.41) is 5.14. The van der Waals surface area contributed by atoms with Gasteiger partial charge < -0.3 is 4.74 Å². The molecule has 2 aromatic rings. The van der Waals surface area contributed by atoms with Crippen LogP contribution in [0.3, 0.4) is 0 Å². The molecule has 0 amide bonds. The quantitative estimate of drug-likeness (QED) is 0.821. The fourth-order valence-corrected chi connectivity index (χ4v) is 2.53. The van der Waals surface area contributed by atoms with Gasteiger partial charge >= 0.3 is 0 Å². The smallest absolute Gasteiger partial charge is 0.150 e. The van der Waals surface area contributed by atoms with Crippen molar-refractivity contribution in [3.63, 3.8) is 0 Å². The van der Waals surface area contributed by atoms with E-state index in [1.807, 2.05) is 41.2 Å². The second-order valence-electron chi connectivity index (χ2n) is 4.49. The van der Waals surface area contributed by atoms with Gasteiger partial charge in [-0.2, -0.15) is 5.10 Å². The molecule has 1 aromatic heterocycles. The molecule has 1 aliphatic heterocycles. The monoisotopic (exact) mass is 262 g/mol. The van der Waals surface area contributed by atoms with Crippen LogP contribution in [-0.2, 0) is 4.74 Å². The fraction of sp³-hybridized carbons (Fsp3) is 0.357. The summed E-state index contributed by atoms with van der Waals surface area (Å²) in [7, 11) is 0. The molecule has 1 fully saturated rings. The zero-order valence-corrected chi connectivity index (χ0v) is 10.8. The fourth-order valence-electron chi connectivity index (χ4n) is 2.34. The molecular formula is C14H15ClN2O. The lowest BCUT2D eigenvalue weighted by molar-refractivity contribution is -0.0383. The maximum Gasteiger partial charge on any atom is 0.150 e. The summed E-state index contributed by atoms with van der Waals surface area (Å²) in [4.78, 5) is 0. The number of aromatic nitrogens is 2. The predicted molar refractivity (Wildman–Crippen MR) is 71.5 cm³/mol. The van der Waals surface area contributed by atoms with Crippen LogP contribution in [0, 0.1) is 0 Å². The Labute approximate surface area is 111 Å². The van der Waals surface area contributed by atoms with Crippen molar-refractivity contribution in [2.75, 3.05) is 6.61 Å². The van der Waals surface area contributed by atoms with Crippen LogP contribution in [0.2, 0.25) is 5.02 Å². The first-order valence-electron chi connectivity index (χ1n) is 6.25. The Morgan fingerprint density at radius 2 is 2.22 bits per heavy atom. The standard InChI is InChI=1S/C14H15ClN2O/c15-12-5-3-4-11(10-12)13-7-8-16-17(13)14-6-1-2-9-18-14/h3-5,7-8,10,14H,1-2,6,9H2. The number of ether oxygens (including phenoxy) is 1.